The summed E-state index contributed by atoms with van der Waals surface area (Å²) in [6, 6.07) is 7.96. The fourth-order valence-corrected chi connectivity index (χ4v) is 1.48. The molecule has 1 aromatic carbocycles. The van der Waals surface area contributed by atoms with Crippen LogP contribution in [-0.4, -0.2) is 44.1 Å². The van der Waals surface area contributed by atoms with Crippen molar-refractivity contribution in [3.63, 3.8) is 0 Å². The highest BCUT2D eigenvalue weighted by Crippen LogP contribution is 2.25. The number of nitrogens with zero attached hydrogens (tertiary/aromatic N) is 1. The van der Waals surface area contributed by atoms with Crippen LogP contribution in [0.25, 0.3) is 0 Å². The smallest absolute Gasteiger partial charge is 0.0596 e. The Labute approximate surface area is 103 Å². The molecule has 4 heteroatoms. The van der Waals surface area contributed by atoms with Gasteiger partial charge in [-0.25, -0.2) is 0 Å². The van der Waals surface area contributed by atoms with E-state index >= 15 is 0 Å². The van der Waals surface area contributed by atoms with Crippen molar-refractivity contribution in [1.82, 2.24) is 0 Å². The molecule has 0 radical (unpaired) electrons. The van der Waals surface area contributed by atoms with Gasteiger partial charge in [0.2, 0.25) is 0 Å². The van der Waals surface area contributed by atoms with Gasteiger partial charge in [0, 0.05) is 26.1 Å². The maximum atomic E-state index is 9.23. The molecule has 3 N–H and O–H groups in total. The van der Waals surface area contributed by atoms with E-state index in [1.807, 2.05) is 50.2 Å². The van der Waals surface area contributed by atoms with E-state index in [0.29, 0.717) is 6.54 Å². The van der Waals surface area contributed by atoms with Gasteiger partial charge >= 0.3 is 0 Å². The normalized spacial score (nSPS) is 11.4. The van der Waals surface area contributed by atoms with Crippen LogP contribution in [0.1, 0.15) is 6.92 Å². The number of benzene rings is 1. The number of hydrogen-bond donors (Lipinski definition) is 3. The molecular weight excluding hydrogens is 216 g/mol. The van der Waals surface area contributed by atoms with Crippen molar-refractivity contribution in [3.05, 3.63) is 24.3 Å². The Hall–Kier alpha value is -1.26. The second kappa shape index (κ2) is 5.89. The second-order valence-corrected chi connectivity index (χ2v) is 4.89. The first-order chi connectivity index (χ1) is 8.02. The lowest BCUT2D eigenvalue weighted by Crippen LogP contribution is -2.34. The molecule has 0 aliphatic carbocycles. The van der Waals surface area contributed by atoms with Crippen molar-refractivity contribution < 1.29 is 10.2 Å². The summed E-state index contributed by atoms with van der Waals surface area (Å²) < 4.78 is 0. The molecular formula is C13H22N2O2. The standard InChI is InChI=1S/C13H22N2O2/c1-13(9-16,10-17)8-14-11-6-4-5-7-12(11)15(2)3/h4-7,14,16-17H,8-10H2,1-3H3. The fourth-order valence-electron chi connectivity index (χ4n) is 1.48. The Kier molecular flexibility index (Phi) is 4.78. The lowest BCUT2D eigenvalue weighted by Gasteiger charge is -2.27. The van der Waals surface area contributed by atoms with Crippen LogP contribution in [0.3, 0.4) is 0 Å². The van der Waals surface area contributed by atoms with E-state index in [-0.39, 0.29) is 13.2 Å². The van der Waals surface area contributed by atoms with Gasteiger partial charge in [0.05, 0.1) is 24.6 Å². The van der Waals surface area contributed by atoms with Crippen molar-refractivity contribution in [2.24, 2.45) is 5.41 Å². The largest absolute Gasteiger partial charge is 0.396 e. The molecule has 4 nitrogen and oxygen atoms in total. The van der Waals surface area contributed by atoms with E-state index in [1.165, 1.54) is 0 Å². The summed E-state index contributed by atoms with van der Waals surface area (Å²) in [5.74, 6) is 0. The molecule has 17 heavy (non-hydrogen) atoms. The average molecular weight is 238 g/mol. The quantitative estimate of drug-likeness (QED) is 0.696. The summed E-state index contributed by atoms with van der Waals surface area (Å²) in [5.41, 5.74) is 1.59. The lowest BCUT2D eigenvalue weighted by molar-refractivity contribution is 0.0807. The number of para-hydroxylation sites is 2. The predicted octanol–water partition coefficient (Wildman–Crippen LogP) is 1.16. The van der Waals surface area contributed by atoms with Crippen LogP contribution < -0.4 is 10.2 Å². The van der Waals surface area contributed by atoms with Gasteiger partial charge in [-0.15, -0.1) is 0 Å². The summed E-state index contributed by atoms with van der Waals surface area (Å²) >= 11 is 0. The fraction of sp³-hybridized carbons (Fsp3) is 0.538. The maximum Gasteiger partial charge on any atom is 0.0596 e. The number of anilines is 2. The molecule has 0 saturated heterocycles. The predicted molar refractivity (Wildman–Crippen MR) is 71.5 cm³/mol. The first-order valence-corrected chi connectivity index (χ1v) is 5.74. The Bertz CT molecular complexity index is 349. The molecule has 96 valence electrons. The molecule has 0 spiro atoms. The highest BCUT2D eigenvalue weighted by molar-refractivity contribution is 5.69. The van der Waals surface area contributed by atoms with Gasteiger partial charge in [0.25, 0.3) is 0 Å². The number of nitrogens with one attached hydrogen (secondary N) is 1. The number of aliphatic hydroxyl groups excluding tert-OH is 2. The van der Waals surface area contributed by atoms with E-state index in [9.17, 15) is 10.2 Å². The molecule has 0 heterocycles. The minimum atomic E-state index is -0.501. The zero-order valence-electron chi connectivity index (χ0n) is 10.8. The molecule has 0 bridgehead atoms. The maximum absolute atomic E-state index is 9.23. The van der Waals surface area contributed by atoms with E-state index in [2.05, 4.69) is 5.32 Å². The zero-order chi connectivity index (χ0) is 12.9. The molecule has 0 fully saturated rings. The van der Waals surface area contributed by atoms with Crippen LogP contribution in [0.2, 0.25) is 0 Å². The van der Waals surface area contributed by atoms with Crippen molar-refractivity contribution in [3.8, 4) is 0 Å². The summed E-state index contributed by atoms with van der Waals surface area (Å²) in [6.45, 7) is 2.30. The Morgan fingerprint density at radius 3 is 2.29 bits per heavy atom. The highest BCUT2D eigenvalue weighted by Gasteiger charge is 2.22. The molecule has 0 amide bonds. The average Bonchev–Trinajstić information content (AvgIpc) is 2.36. The van der Waals surface area contributed by atoms with Crippen molar-refractivity contribution >= 4 is 11.4 Å². The lowest BCUT2D eigenvalue weighted by atomic mass is 9.93. The third-order valence-electron chi connectivity index (χ3n) is 2.85. The van der Waals surface area contributed by atoms with Crippen molar-refractivity contribution in [1.29, 1.82) is 0 Å². The number of rotatable bonds is 6. The topological polar surface area (TPSA) is 55.7 Å². The molecule has 0 saturated carbocycles. The first-order valence-electron chi connectivity index (χ1n) is 5.74. The highest BCUT2D eigenvalue weighted by atomic mass is 16.3. The molecule has 0 aliphatic heterocycles. The van der Waals surface area contributed by atoms with Gasteiger partial charge in [-0.3, -0.25) is 0 Å². The summed E-state index contributed by atoms with van der Waals surface area (Å²) in [7, 11) is 3.97. The van der Waals surface area contributed by atoms with E-state index in [1.54, 1.807) is 0 Å². The number of aliphatic hydroxyl groups is 2. The zero-order valence-corrected chi connectivity index (χ0v) is 10.8. The summed E-state index contributed by atoms with van der Waals surface area (Å²) in [4.78, 5) is 2.03. The Balaban J connectivity index is 2.75. The minimum absolute atomic E-state index is 0.0410. The van der Waals surface area contributed by atoms with Gasteiger partial charge in [0.1, 0.15) is 0 Å². The summed E-state index contributed by atoms with van der Waals surface area (Å²) in [5, 5.41) is 21.7. The monoisotopic (exact) mass is 238 g/mol. The first kappa shape index (κ1) is 13.8. The van der Waals surface area contributed by atoms with Crippen LogP contribution in [-0.2, 0) is 0 Å². The third kappa shape index (κ3) is 3.61. The molecule has 0 aliphatic rings. The Morgan fingerprint density at radius 1 is 1.18 bits per heavy atom. The number of hydrogen-bond acceptors (Lipinski definition) is 4. The van der Waals surface area contributed by atoms with E-state index < -0.39 is 5.41 Å². The molecule has 0 atom stereocenters. The molecule has 0 aromatic heterocycles. The minimum Gasteiger partial charge on any atom is -0.396 e. The van der Waals surface area contributed by atoms with Crippen LogP contribution >= 0.6 is 0 Å². The second-order valence-electron chi connectivity index (χ2n) is 4.89. The van der Waals surface area contributed by atoms with Crippen LogP contribution in [0.4, 0.5) is 11.4 Å². The van der Waals surface area contributed by atoms with Gasteiger partial charge < -0.3 is 20.4 Å². The van der Waals surface area contributed by atoms with Crippen LogP contribution in [0.5, 0.6) is 0 Å². The van der Waals surface area contributed by atoms with Crippen molar-refractivity contribution in [2.45, 2.75) is 6.92 Å². The Morgan fingerprint density at radius 2 is 1.76 bits per heavy atom. The van der Waals surface area contributed by atoms with E-state index in [4.69, 9.17) is 0 Å². The SMILES string of the molecule is CN(C)c1ccccc1NCC(C)(CO)CO. The van der Waals surface area contributed by atoms with Gasteiger partial charge in [0.15, 0.2) is 0 Å². The van der Waals surface area contributed by atoms with Gasteiger partial charge in [-0.05, 0) is 12.1 Å². The van der Waals surface area contributed by atoms with Crippen LogP contribution in [0, 0.1) is 5.41 Å². The van der Waals surface area contributed by atoms with E-state index in [0.717, 1.165) is 11.4 Å². The van der Waals surface area contributed by atoms with Crippen LogP contribution in [0.15, 0.2) is 24.3 Å². The molecule has 1 aromatic rings. The summed E-state index contributed by atoms with van der Waals surface area (Å²) in [6.07, 6.45) is 0. The third-order valence-corrected chi connectivity index (χ3v) is 2.85. The van der Waals surface area contributed by atoms with Gasteiger partial charge in [-0.1, -0.05) is 19.1 Å². The molecule has 0 unspecified atom stereocenters. The molecule has 1 rings (SSSR count). The van der Waals surface area contributed by atoms with Gasteiger partial charge in [-0.2, -0.15) is 0 Å². The van der Waals surface area contributed by atoms with Crippen molar-refractivity contribution in [2.75, 3.05) is 44.1 Å².